The maximum absolute atomic E-state index is 5.72. The van der Waals surface area contributed by atoms with Gasteiger partial charge in [-0.15, -0.1) is 0 Å². The second-order valence-electron chi connectivity index (χ2n) is 6.13. The lowest BCUT2D eigenvalue weighted by Gasteiger charge is -2.26. The van der Waals surface area contributed by atoms with Crippen LogP contribution in [0.4, 0.5) is 5.82 Å². The summed E-state index contributed by atoms with van der Waals surface area (Å²) in [6, 6.07) is 14.6. The molecule has 1 atom stereocenters. The van der Waals surface area contributed by atoms with E-state index in [-0.39, 0.29) is 6.04 Å². The number of pyridine rings is 1. The highest BCUT2D eigenvalue weighted by molar-refractivity contribution is 5.89. The number of para-hydroxylation sites is 1. The predicted molar refractivity (Wildman–Crippen MR) is 95.9 cm³/mol. The highest BCUT2D eigenvalue weighted by atomic mass is 15.2. The zero-order valence-electron chi connectivity index (χ0n) is 13.6. The fourth-order valence-electron chi connectivity index (χ4n) is 3.47. The number of nitrogens with two attached hydrogens (primary N) is 1. The molecule has 5 heteroatoms. The maximum Gasteiger partial charge on any atom is 0.140 e. The normalized spacial score (nSPS) is 17.5. The smallest absolute Gasteiger partial charge is 0.140 e. The summed E-state index contributed by atoms with van der Waals surface area (Å²) >= 11 is 0. The molecular formula is C19H21N5. The minimum absolute atomic E-state index is 0.273. The molecule has 1 unspecified atom stereocenters. The fourth-order valence-corrected chi connectivity index (χ4v) is 3.47. The third kappa shape index (κ3) is 2.71. The average molecular weight is 319 g/mol. The van der Waals surface area contributed by atoms with E-state index in [9.17, 15) is 0 Å². The molecule has 0 bridgehead atoms. The summed E-state index contributed by atoms with van der Waals surface area (Å²) in [5.74, 6) is 1.83. The molecule has 1 aromatic carbocycles. The molecule has 24 heavy (non-hydrogen) atoms. The lowest BCUT2D eigenvalue weighted by atomic mass is 10.1. The van der Waals surface area contributed by atoms with Crippen LogP contribution in [0.1, 0.15) is 30.4 Å². The van der Waals surface area contributed by atoms with E-state index >= 15 is 0 Å². The number of benzene rings is 1. The summed E-state index contributed by atoms with van der Waals surface area (Å²) in [6.45, 7) is 1.55. The molecule has 5 nitrogen and oxygen atoms in total. The number of aromatic nitrogens is 3. The molecule has 0 amide bonds. The molecule has 2 aromatic heterocycles. The first-order chi connectivity index (χ1) is 11.9. The Morgan fingerprint density at radius 1 is 1.08 bits per heavy atom. The van der Waals surface area contributed by atoms with E-state index in [4.69, 9.17) is 10.7 Å². The third-order valence-corrected chi connectivity index (χ3v) is 4.55. The Hall–Kier alpha value is -2.53. The van der Waals surface area contributed by atoms with Crippen LogP contribution in [-0.2, 0) is 6.42 Å². The van der Waals surface area contributed by atoms with E-state index in [1.807, 2.05) is 30.5 Å². The largest absolute Gasteiger partial charge is 0.347 e. The van der Waals surface area contributed by atoms with Crippen molar-refractivity contribution in [3.63, 3.8) is 0 Å². The molecule has 1 aliphatic heterocycles. The van der Waals surface area contributed by atoms with Gasteiger partial charge in [-0.05, 0) is 43.7 Å². The minimum Gasteiger partial charge on any atom is -0.347 e. The highest BCUT2D eigenvalue weighted by Gasteiger charge is 2.29. The van der Waals surface area contributed by atoms with E-state index in [1.54, 1.807) is 0 Å². The molecular weight excluding hydrogens is 298 g/mol. The number of rotatable bonds is 4. The van der Waals surface area contributed by atoms with Crippen LogP contribution in [0.25, 0.3) is 10.9 Å². The van der Waals surface area contributed by atoms with Crippen LogP contribution >= 0.6 is 0 Å². The monoisotopic (exact) mass is 319 g/mol. The molecule has 122 valence electrons. The van der Waals surface area contributed by atoms with Gasteiger partial charge in [-0.1, -0.05) is 18.2 Å². The van der Waals surface area contributed by atoms with E-state index in [0.717, 1.165) is 47.6 Å². The van der Waals surface area contributed by atoms with Crippen LogP contribution in [0, 0.1) is 0 Å². The molecule has 0 aliphatic carbocycles. The number of nitrogens with zero attached hydrogens (tertiary/aromatic N) is 4. The molecule has 3 heterocycles. The Balaban J connectivity index is 1.82. The van der Waals surface area contributed by atoms with Crippen molar-refractivity contribution in [2.75, 3.05) is 18.0 Å². The summed E-state index contributed by atoms with van der Waals surface area (Å²) in [7, 11) is 0. The Kier molecular flexibility index (Phi) is 4.09. The fraction of sp³-hybridized carbons (Fsp3) is 0.316. The molecule has 3 aromatic rings. The van der Waals surface area contributed by atoms with Gasteiger partial charge in [0.15, 0.2) is 0 Å². The molecule has 0 spiro atoms. The van der Waals surface area contributed by atoms with Gasteiger partial charge in [-0.25, -0.2) is 9.97 Å². The van der Waals surface area contributed by atoms with Crippen LogP contribution in [0.15, 0.2) is 48.7 Å². The van der Waals surface area contributed by atoms with E-state index in [0.29, 0.717) is 13.0 Å². The average Bonchev–Trinajstić information content (AvgIpc) is 3.12. The Morgan fingerprint density at radius 3 is 2.79 bits per heavy atom. The second kappa shape index (κ2) is 6.53. The summed E-state index contributed by atoms with van der Waals surface area (Å²) in [5.41, 5.74) is 7.82. The molecule has 0 radical (unpaired) electrons. The summed E-state index contributed by atoms with van der Waals surface area (Å²) in [5, 5.41) is 1.10. The maximum atomic E-state index is 5.72. The minimum atomic E-state index is 0.273. The number of anilines is 1. The van der Waals surface area contributed by atoms with E-state index < -0.39 is 0 Å². The van der Waals surface area contributed by atoms with Crippen molar-refractivity contribution in [2.45, 2.75) is 25.3 Å². The number of hydrogen-bond donors (Lipinski definition) is 1. The lowest BCUT2D eigenvalue weighted by Crippen LogP contribution is -2.25. The van der Waals surface area contributed by atoms with Gasteiger partial charge in [-0.2, -0.15) is 0 Å². The van der Waals surface area contributed by atoms with Crippen molar-refractivity contribution >= 4 is 16.7 Å². The topological polar surface area (TPSA) is 67.9 Å². The lowest BCUT2D eigenvalue weighted by molar-refractivity contribution is 0.686. The zero-order valence-corrected chi connectivity index (χ0v) is 13.6. The first-order valence-electron chi connectivity index (χ1n) is 8.50. The summed E-state index contributed by atoms with van der Waals surface area (Å²) < 4.78 is 0. The third-order valence-electron chi connectivity index (χ3n) is 4.55. The van der Waals surface area contributed by atoms with Crippen molar-refractivity contribution in [2.24, 2.45) is 5.73 Å². The van der Waals surface area contributed by atoms with Crippen molar-refractivity contribution in [3.8, 4) is 0 Å². The van der Waals surface area contributed by atoms with E-state index in [1.165, 1.54) is 0 Å². The Labute approximate surface area is 141 Å². The molecule has 0 saturated carbocycles. The van der Waals surface area contributed by atoms with Crippen molar-refractivity contribution in [1.82, 2.24) is 15.0 Å². The van der Waals surface area contributed by atoms with Crippen molar-refractivity contribution in [3.05, 3.63) is 60.2 Å². The van der Waals surface area contributed by atoms with Crippen LogP contribution < -0.4 is 10.6 Å². The molecule has 1 fully saturated rings. The van der Waals surface area contributed by atoms with Crippen LogP contribution in [-0.4, -0.2) is 28.0 Å². The Morgan fingerprint density at radius 2 is 1.96 bits per heavy atom. The standard InChI is InChI=1S/C19H21N5/c20-11-10-18-22-15-7-2-1-6-14(15)19(23-18)24-13-5-9-17(24)16-8-3-4-12-21-16/h1-4,6-8,12,17H,5,9-11,13,20H2. The first-order valence-corrected chi connectivity index (χ1v) is 8.50. The summed E-state index contributed by atoms with van der Waals surface area (Å²) in [6.07, 6.45) is 4.80. The van der Waals surface area contributed by atoms with Crippen LogP contribution in [0.5, 0.6) is 0 Å². The van der Waals surface area contributed by atoms with Gasteiger partial charge < -0.3 is 10.6 Å². The van der Waals surface area contributed by atoms with Gasteiger partial charge in [0.25, 0.3) is 0 Å². The highest BCUT2D eigenvalue weighted by Crippen LogP contribution is 2.37. The van der Waals surface area contributed by atoms with Gasteiger partial charge >= 0.3 is 0 Å². The van der Waals surface area contributed by atoms with Gasteiger partial charge in [0.05, 0.1) is 17.3 Å². The zero-order chi connectivity index (χ0) is 16.4. The second-order valence-corrected chi connectivity index (χ2v) is 6.13. The van der Waals surface area contributed by atoms with Crippen LogP contribution in [0.2, 0.25) is 0 Å². The van der Waals surface area contributed by atoms with Gasteiger partial charge in [-0.3, -0.25) is 4.98 Å². The molecule has 1 aliphatic rings. The summed E-state index contributed by atoms with van der Waals surface area (Å²) in [4.78, 5) is 16.5. The first kappa shape index (κ1) is 15.0. The number of fused-ring (bicyclic) bond motifs is 1. The van der Waals surface area contributed by atoms with Crippen LogP contribution in [0.3, 0.4) is 0 Å². The quantitative estimate of drug-likeness (QED) is 0.801. The SMILES string of the molecule is NCCc1nc(N2CCCC2c2ccccn2)c2ccccc2n1. The van der Waals surface area contributed by atoms with Gasteiger partial charge in [0.1, 0.15) is 11.6 Å². The van der Waals surface area contributed by atoms with Crippen molar-refractivity contribution in [1.29, 1.82) is 0 Å². The molecule has 1 saturated heterocycles. The molecule has 2 N–H and O–H groups in total. The van der Waals surface area contributed by atoms with Crippen molar-refractivity contribution < 1.29 is 0 Å². The predicted octanol–water partition coefficient (Wildman–Crippen LogP) is 2.87. The Bertz CT molecular complexity index is 834. The molecule has 4 rings (SSSR count). The van der Waals surface area contributed by atoms with Gasteiger partial charge in [0.2, 0.25) is 0 Å². The van der Waals surface area contributed by atoms with E-state index in [2.05, 4.69) is 33.1 Å². The van der Waals surface area contributed by atoms with Gasteiger partial charge in [0, 0.05) is 24.5 Å². The number of hydrogen-bond acceptors (Lipinski definition) is 5.